The number of thioether (sulfide) groups is 1. The Kier molecular flexibility index (Phi) is 5.03. The van der Waals surface area contributed by atoms with Gasteiger partial charge in [0.1, 0.15) is 0 Å². The summed E-state index contributed by atoms with van der Waals surface area (Å²) in [5.41, 5.74) is 1.21. The topological polar surface area (TPSA) is 24.1 Å². The summed E-state index contributed by atoms with van der Waals surface area (Å²) in [7, 11) is 0. The Morgan fingerprint density at radius 1 is 1.06 bits per heavy atom. The molecule has 1 saturated heterocycles. The summed E-state index contributed by atoms with van der Waals surface area (Å²) in [6.07, 6.45) is 2.66. The monoisotopic (exact) mass is 236 g/mol. The molecule has 2 rings (SSSR count). The van der Waals surface area contributed by atoms with E-state index in [2.05, 4.69) is 46.7 Å². The van der Waals surface area contributed by atoms with E-state index in [9.17, 15) is 0 Å². The Bertz CT molecular complexity index is 283. The molecule has 0 spiro atoms. The minimum atomic E-state index is 0.749. The van der Waals surface area contributed by atoms with E-state index >= 15 is 0 Å². The first-order valence-corrected chi connectivity index (χ1v) is 7.21. The highest BCUT2D eigenvalue weighted by atomic mass is 32.2. The van der Waals surface area contributed by atoms with Gasteiger partial charge in [0.25, 0.3) is 0 Å². The zero-order valence-corrected chi connectivity index (χ0v) is 10.4. The summed E-state index contributed by atoms with van der Waals surface area (Å²) < 4.78 is 0. The van der Waals surface area contributed by atoms with Crippen LogP contribution in [-0.2, 0) is 0 Å². The molecule has 2 N–H and O–H groups in total. The van der Waals surface area contributed by atoms with Crippen LogP contribution in [0.5, 0.6) is 0 Å². The Hall–Kier alpha value is -0.670. The average molecular weight is 236 g/mol. The fraction of sp³-hybridized carbons (Fsp3) is 0.538. The molecule has 0 amide bonds. The first-order chi connectivity index (χ1) is 7.95. The van der Waals surface area contributed by atoms with Crippen molar-refractivity contribution in [3.8, 4) is 0 Å². The molecule has 16 heavy (non-hydrogen) atoms. The lowest BCUT2D eigenvalue weighted by Crippen LogP contribution is -2.35. The first-order valence-electron chi connectivity index (χ1n) is 6.05. The molecular weight excluding hydrogens is 216 g/mol. The van der Waals surface area contributed by atoms with Crippen molar-refractivity contribution in [3.63, 3.8) is 0 Å². The third-order valence-corrected chi connectivity index (χ3v) is 3.93. The largest absolute Gasteiger partial charge is 0.384 e. The van der Waals surface area contributed by atoms with E-state index in [1.54, 1.807) is 0 Å². The molecule has 1 aromatic carbocycles. The van der Waals surface area contributed by atoms with Gasteiger partial charge in [-0.05, 0) is 36.5 Å². The molecule has 0 aliphatic carbocycles. The smallest absolute Gasteiger partial charge is 0.0340 e. The second-order valence-electron chi connectivity index (χ2n) is 4.13. The molecule has 0 aromatic heterocycles. The fourth-order valence-electron chi connectivity index (χ4n) is 1.94. The molecular formula is C13H20N2S. The third-order valence-electron chi connectivity index (χ3n) is 2.88. The fourth-order valence-corrected chi connectivity index (χ4v) is 3.05. The maximum absolute atomic E-state index is 3.62. The van der Waals surface area contributed by atoms with Gasteiger partial charge in [-0.15, -0.1) is 0 Å². The van der Waals surface area contributed by atoms with Crippen molar-refractivity contribution in [1.29, 1.82) is 0 Å². The molecule has 2 nitrogen and oxygen atoms in total. The van der Waals surface area contributed by atoms with Crippen LogP contribution in [0.1, 0.15) is 12.8 Å². The van der Waals surface area contributed by atoms with Crippen LogP contribution in [0.15, 0.2) is 30.3 Å². The van der Waals surface area contributed by atoms with Gasteiger partial charge >= 0.3 is 0 Å². The van der Waals surface area contributed by atoms with Crippen LogP contribution in [0.25, 0.3) is 0 Å². The number of para-hydroxylation sites is 1. The Balaban J connectivity index is 1.58. The highest BCUT2D eigenvalue weighted by molar-refractivity contribution is 7.99. The van der Waals surface area contributed by atoms with Crippen molar-refractivity contribution < 1.29 is 0 Å². The number of hydrogen-bond acceptors (Lipinski definition) is 3. The lowest BCUT2D eigenvalue weighted by atomic mass is 10.1. The summed E-state index contributed by atoms with van der Waals surface area (Å²) in [4.78, 5) is 0. The molecule has 1 aliphatic heterocycles. The molecule has 0 radical (unpaired) electrons. The highest BCUT2D eigenvalue weighted by Gasteiger charge is 2.11. The molecule has 1 aromatic rings. The van der Waals surface area contributed by atoms with Crippen molar-refractivity contribution in [2.24, 2.45) is 0 Å². The number of rotatable bonds is 5. The van der Waals surface area contributed by atoms with Gasteiger partial charge in [0.2, 0.25) is 0 Å². The van der Waals surface area contributed by atoms with Crippen LogP contribution < -0.4 is 10.6 Å². The zero-order valence-electron chi connectivity index (χ0n) is 9.61. The van der Waals surface area contributed by atoms with E-state index < -0.39 is 0 Å². The van der Waals surface area contributed by atoms with Gasteiger partial charge < -0.3 is 10.6 Å². The molecule has 1 aliphatic rings. The molecule has 3 heteroatoms. The van der Waals surface area contributed by atoms with Crippen LogP contribution in [-0.4, -0.2) is 30.6 Å². The molecule has 1 fully saturated rings. The van der Waals surface area contributed by atoms with E-state index in [-0.39, 0.29) is 0 Å². The third kappa shape index (κ3) is 4.06. The average Bonchev–Trinajstić information content (AvgIpc) is 2.37. The van der Waals surface area contributed by atoms with Crippen LogP contribution in [0, 0.1) is 0 Å². The van der Waals surface area contributed by atoms with Crippen molar-refractivity contribution in [2.75, 3.05) is 29.9 Å². The SMILES string of the molecule is c1ccc(NCCNC2CCSCC2)cc1. The maximum Gasteiger partial charge on any atom is 0.0340 e. The van der Waals surface area contributed by atoms with E-state index in [1.807, 2.05) is 6.07 Å². The van der Waals surface area contributed by atoms with Crippen LogP contribution >= 0.6 is 11.8 Å². The zero-order chi connectivity index (χ0) is 11.1. The quantitative estimate of drug-likeness (QED) is 0.768. The number of benzene rings is 1. The standard InChI is InChI=1S/C13H20N2S/c1-2-4-12(5-3-1)14-8-9-15-13-6-10-16-11-7-13/h1-5,13-15H,6-11H2. The van der Waals surface area contributed by atoms with E-state index in [1.165, 1.54) is 30.0 Å². The summed E-state index contributed by atoms with van der Waals surface area (Å²) in [6, 6.07) is 11.1. The summed E-state index contributed by atoms with van der Waals surface area (Å²) in [6.45, 7) is 2.07. The Labute approximate surface area is 102 Å². The van der Waals surface area contributed by atoms with Gasteiger partial charge in [-0.1, -0.05) is 18.2 Å². The summed E-state index contributed by atoms with van der Waals surface area (Å²) in [5.74, 6) is 2.65. The number of nitrogens with one attached hydrogen (secondary N) is 2. The minimum Gasteiger partial charge on any atom is -0.384 e. The second-order valence-corrected chi connectivity index (χ2v) is 5.36. The number of hydrogen-bond donors (Lipinski definition) is 2. The first kappa shape index (κ1) is 11.8. The van der Waals surface area contributed by atoms with Crippen molar-refractivity contribution >= 4 is 17.4 Å². The van der Waals surface area contributed by atoms with Gasteiger partial charge in [0.05, 0.1) is 0 Å². The second kappa shape index (κ2) is 6.81. The van der Waals surface area contributed by atoms with Gasteiger partial charge in [0.15, 0.2) is 0 Å². The molecule has 0 bridgehead atoms. The van der Waals surface area contributed by atoms with E-state index in [0.717, 1.165) is 19.1 Å². The predicted molar refractivity (Wildman–Crippen MR) is 73.3 cm³/mol. The van der Waals surface area contributed by atoms with E-state index in [0.29, 0.717) is 0 Å². The van der Waals surface area contributed by atoms with Crippen LogP contribution in [0.3, 0.4) is 0 Å². The van der Waals surface area contributed by atoms with E-state index in [4.69, 9.17) is 0 Å². The lowest BCUT2D eigenvalue weighted by Gasteiger charge is -2.22. The van der Waals surface area contributed by atoms with Crippen molar-refractivity contribution in [2.45, 2.75) is 18.9 Å². The lowest BCUT2D eigenvalue weighted by molar-refractivity contribution is 0.492. The van der Waals surface area contributed by atoms with Gasteiger partial charge in [-0.3, -0.25) is 0 Å². The normalized spacial score (nSPS) is 17.2. The van der Waals surface area contributed by atoms with Crippen LogP contribution in [0.4, 0.5) is 5.69 Å². The van der Waals surface area contributed by atoms with Crippen LogP contribution in [0.2, 0.25) is 0 Å². The highest BCUT2D eigenvalue weighted by Crippen LogP contribution is 2.16. The predicted octanol–water partition coefficient (Wildman–Crippen LogP) is 2.58. The van der Waals surface area contributed by atoms with Gasteiger partial charge in [-0.2, -0.15) is 11.8 Å². The van der Waals surface area contributed by atoms with Gasteiger partial charge in [-0.25, -0.2) is 0 Å². The molecule has 0 atom stereocenters. The van der Waals surface area contributed by atoms with Crippen molar-refractivity contribution in [3.05, 3.63) is 30.3 Å². The maximum atomic E-state index is 3.62. The molecule has 88 valence electrons. The summed E-state index contributed by atoms with van der Waals surface area (Å²) in [5, 5.41) is 7.03. The minimum absolute atomic E-state index is 0.749. The molecule has 0 saturated carbocycles. The summed E-state index contributed by atoms with van der Waals surface area (Å²) >= 11 is 2.08. The molecule has 1 heterocycles. The number of anilines is 1. The van der Waals surface area contributed by atoms with Crippen molar-refractivity contribution in [1.82, 2.24) is 5.32 Å². The Morgan fingerprint density at radius 2 is 1.81 bits per heavy atom. The Morgan fingerprint density at radius 3 is 2.56 bits per heavy atom. The molecule has 0 unspecified atom stereocenters. The van der Waals surface area contributed by atoms with Gasteiger partial charge in [0, 0.05) is 24.8 Å².